The number of aliphatic hydroxyl groups excluding tert-OH is 2. The molecule has 0 aliphatic heterocycles. The molecule has 0 bridgehead atoms. The van der Waals surface area contributed by atoms with Gasteiger partial charge in [0.1, 0.15) is 0 Å². The summed E-state index contributed by atoms with van der Waals surface area (Å²) in [6, 6.07) is 2.62. The third-order valence-corrected chi connectivity index (χ3v) is 2.79. The van der Waals surface area contributed by atoms with Crippen LogP contribution in [0.1, 0.15) is 25.5 Å². The molecular formula is C13H19NO6. The fraction of sp³-hybridized carbons (Fsp3) is 0.538. The van der Waals surface area contributed by atoms with Crippen molar-refractivity contribution in [3.05, 3.63) is 27.8 Å². The van der Waals surface area contributed by atoms with Crippen LogP contribution < -0.4 is 9.47 Å². The van der Waals surface area contributed by atoms with Crippen molar-refractivity contribution < 1.29 is 24.6 Å². The zero-order chi connectivity index (χ0) is 15.3. The van der Waals surface area contributed by atoms with Crippen molar-refractivity contribution in [1.82, 2.24) is 0 Å². The molecule has 0 aliphatic carbocycles. The molecule has 2 unspecified atom stereocenters. The van der Waals surface area contributed by atoms with E-state index in [1.54, 1.807) is 6.92 Å². The Bertz CT molecular complexity index is 474. The summed E-state index contributed by atoms with van der Waals surface area (Å²) >= 11 is 0. The number of benzene rings is 1. The van der Waals surface area contributed by atoms with Gasteiger partial charge in [0.05, 0.1) is 36.4 Å². The van der Waals surface area contributed by atoms with Gasteiger partial charge in [-0.25, -0.2) is 0 Å². The Morgan fingerprint density at radius 3 is 2.45 bits per heavy atom. The van der Waals surface area contributed by atoms with Crippen molar-refractivity contribution >= 4 is 5.69 Å². The van der Waals surface area contributed by atoms with Crippen molar-refractivity contribution in [3.63, 3.8) is 0 Å². The van der Waals surface area contributed by atoms with Crippen molar-refractivity contribution in [2.75, 3.05) is 20.3 Å². The van der Waals surface area contributed by atoms with E-state index in [4.69, 9.17) is 14.6 Å². The van der Waals surface area contributed by atoms with Gasteiger partial charge in [-0.3, -0.25) is 10.1 Å². The van der Waals surface area contributed by atoms with Crippen molar-refractivity contribution in [3.8, 4) is 11.5 Å². The molecule has 0 saturated heterocycles. The summed E-state index contributed by atoms with van der Waals surface area (Å²) in [5.41, 5.74) is -0.0677. The first-order valence-corrected chi connectivity index (χ1v) is 6.18. The second kappa shape index (κ2) is 7.06. The minimum absolute atomic E-state index is 0.0455. The molecule has 0 saturated carbocycles. The van der Waals surface area contributed by atoms with Crippen LogP contribution in [-0.2, 0) is 0 Å². The molecule has 2 N–H and O–H groups in total. The first-order valence-electron chi connectivity index (χ1n) is 6.18. The maximum atomic E-state index is 11.0. The van der Waals surface area contributed by atoms with Crippen molar-refractivity contribution in [2.24, 2.45) is 5.92 Å². The predicted molar refractivity (Wildman–Crippen MR) is 72.0 cm³/mol. The van der Waals surface area contributed by atoms with Crippen LogP contribution in [0.15, 0.2) is 12.1 Å². The van der Waals surface area contributed by atoms with E-state index in [1.807, 2.05) is 0 Å². The van der Waals surface area contributed by atoms with Gasteiger partial charge in [0, 0.05) is 12.5 Å². The smallest absolute Gasteiger partial charge is 0.279 e. The van der Waals surface area contributed by atoms with Gasteiger partial charge in [0.25, 0.3) is 5.69 Å². The summed E-state index contributed by atoms with van der Waals surface area (Å²) in [5, 5.41) is 29.6. The van der Waals surface area contributed by atoms with Gasteiger partial charge in [-0.2, -0.15) is 0 Å². The third kappa shape index (κ3) is 3.82. The van der Waals surface area contributed by atoms with Crippen LogP contribution in [0.2, 0.25) is 0 Å². The SMILES string of the molecule is COc1cc(C(C)O)c([N+](=O)[O-])cc1OCC(C)CO. The molecule has 7 heteroatoms. The Morgan fingerprint density at radius 2 is 2.00 bits per heavy atom. The Balaban J connectivity index is 3.16. The summed E-state index contributed by atoms with van der Waals surface area (Å²) in [5.74, 6) is 0.413. The molecule has 0 amide bonds. The number of nitro groups is 1. The van der Waals surface area contributed by atoms with E-state index in [2.05, 4.69) is 0 Å². The summed E-state index contributed by atoms with van der Waals surface area (Å²) < 4.78 is 10.6. The average Bonchev–Trinajstić information content (AvgIpc) is 2.43. The predicted octanol–water partition coefficient (Wildman–Crippen LogP) is 1.66. The molecule has 1 rings (SSSR count). The summed E-state index contributed by atoms with van der Waals surface area (Å²) in [7, 11) is 1.41. The van der Waals surface area contributed by atoms with E-state index in [-0.39, 0.29) is 36.1 Å². The number of rotatable bonds is 7. The van der Waals surface area contributed by atoms with E-state index in [9.17, 15) is 15.2 Å². The number of hydrogen-bond donors (Lipinski definition) is 2. The molecule has 0 spiro atoms. The highest BCUT2D eigenvalue weighted by atomic mass is 16.6. The van der Waals surface area contributed by atoms with Gasteiger partial charge in [0.2, 0.25) is 0 Å². The molecule has 20 heavy (non-hydrogen) atoms. The summed E-state index contributed by atoms with van der Waals surface area (Å²) in [6.45, 7) is 3.38. The van der Waals surface area contributed by atoms with E-state index >= 15 is 0 Å². The zero-order valence-electron chi connectivity index (χ0n) is 11.7. The molecule has 0 aliphatic rings. The second-order valence-electron chi connectivity index (χ2n) is 4.59. The lowest BCUT2D eigenvalue weighted by Crippen LogP contribution is -2.13. The monoisotopic (exact) mass is 285 g/mol. The molecular weight excluding hydrogens is 266 g/mol. The lowest BCUT2D eigenvalue weighted by atomic mass is 10.1. The van der Waals surface area contributed by atoms with Crippen molar-refractivity contribution in [1.29, 1.82) is 0 Å². The minimum Gasteiger partial charge on any atom is -0.493 e. The number of methoxy groups -OCH3 is 1. The number of nitro benzene ring substituents is 1. The fourth-order valence-electron chi connectivity index (χ4n) is 1.61. The largest absolute Gasteiger partial charge is 0.493 e. The molecule has 0 radical (unpaired) electrons. The maximum Gasteiger partial charge on any atom is 0.279 e. The number of ether oxygens (including phenoxy) is 2. The number of hydrogen-bond acceptors (Lipinski definition) is 6. The summed E-state index contributed by atoms with van der Waals surface area (Å²) in [4.78, 5) is 10.5. The Labute approximate surface area is 116 Å². The minimum atomic E-state index is -0.991. The van der Waals surface area contributed by atoms with Crippen LogP contribution in [0.5, 0.6) is 11.5 Å². The maximum absolute atomic E-state index is 11.0. The molecule has 7 nitrogen and oxygen atoms in total. The first kappa shape index (κ1) is 16.2. The number of nitrogens with zero attached hydrogens (tertiary/aromatic N) is 1. The first-order chi connectivity index (χ1) is 9.40. The average molecular weight is 285 g/mol. The van der Waals surface area contributed by atoms with E-state index in [1.165, 1.54) is 26.2 Å². The standard InChI is InChI=1S/C13H19NO6/c1-8(6-15)7-20-13-5-11(14(17)18)10(9(2)16)4-12(13)19-3/h4-5,8-9,15-16H,6-7H2,1-3H3. The zero-order valence-corrected chi connectivity index (χ0v) is 11.7. The van der Waals surface area contributed by atoms with Gasteiger partial charge < -0.3 is 19.7 Å². The Hall–Kier alpha value is -1.86. The molecule has 0 heterocycles. The molecule has 1 aromatic rings. The second-order valence-corrected chi connectivity index (χ2v) is 4.59. The number of aliphatic hydroxyl groups is 2. The summed E-state index contributed by atoms with van der Waals surface area (Å²) in [6.07, 6.45) is -0.991. The fourth-order valence-corrected chi connectivity index (χ4v) is 1.61. The van der Waals surface area contributed by atoms with Gasteiger partial charge >= 0.3 is 0 Å². The quantitative estimate of drug-likeness (QED) is 0.583. The molecule has 0 fully saturated rings. The normalized spacial score (nSPS) is 13.7. The van der Waals surface area contributed by atoms with Gasteiger partial charge in [-0.05, 0) is 13.0 Å². The van der Waals surface area contributed by atoms with Crippen LogP contribution in [-0.4, -0.2) is 35.5 Å². The lowest BCUT2D eigenvalue weighted by Gasteiger charge is -2.15. The Morgan fingerprint density at radius 1 is 1.35 bits per heavy atom. The lowest BCUT2D eigenvalue weighted by molar-refractivity contribution is -0.386. The molecule has 0 aromatic heterocycles. The highest BCUT2D eigenvalue weighted by Gasteiger charge is 2.22. The van der Waals surface area contributed by atoms with Gasteiger partial charge in [-0.15, -0.1) is 0 Å². The molecule has 1 aromatic carbocycles. The van der Waals surface area contributed by atoms with Crippen molar-refractivity contribution in [2.45, 2.75) is 20.0 Å². The van der Waals surface area contributed by atoms with Crippen LogP contribution >= 0.6 is 0 Å². The van der Waals surface area contributed by atoms with Crippen LogP contribution in [0, 0.1) is 16.0 Å². The molecule has 112 valence electrons. The topological polar surface area (TPSA) is 102 Å². The van der Waals surface area contributed by atoms with Crippen LogP contribution in [0.3, 0.4) is 0 Å². The van der Waals surface area contributed by atoms with E-state index in [0.29, 0.717) is 5.75 Å². The highest BCUT2D eigenvalue weighted by molar-refractivity contribution is 5.55. The molecule has 2 atom stereocenters. The van der Waals surface area contributed by atoms with Gasteiger partial charge in [0.15, 0.2) is 11.5 Å². The highest BCUT2D eigenvalue weighted by Crippen LogP contribution is 2.37. The van der Waals surface area contributed by atoms with Crippen LogP contribution in [0.4, 0.5) is 5.69 Å². The Kier molecular flexibility index (Phi) is 5.72. The third-order valence-electron chi connectivity index (χ3n) is 2.79. The van der Waals surface area contributed by atoms with E-state index < -0.39 is 11.0 Å². The van der Waals surface area contributed by atoms with E-state index in [0.717, 1.165) is 0 Å². The van der Waals surface area contributed by atoms with Gasteiger partial charge in [-0.1, -0.05) is 6.92 Å². The van der Waals surface area contributed by atoms with Crippen LogP contribution in [0.25, 0.3) is 0 Å².